The monoisotopic (exact) mass is 311 g/mol. The molecule has 120 valence electrons. The Hall–Kier alpha value is -2.17. The number of aliphatic hydroxyl groups is 1. The second kappa shape index (κ2) is 7.40. The van der Waals surface area contributed by atoms with Gasteiger partial charge >= 0.3 is 0 Å². The van der Waals surface area contributed by atoms with Gasteiger partial charge in [-0.2, -0.15) is 0 Å². The van der Waals surface area contributed by atoms with E-state index in [1.54, 1.807) is 24.3 Å². The van der Waals surface area contributed by atoms with Crippen molar-refractivity contribution < 1.29 is 14.6 Å². The summed E-state index contributed by atoms with van der Waals surface area (Å²) in [5.74, 6) is 1.08. The minimum Gasteiger partial charge on any atom is -0.492 e. The first kappa shape index (κ1) is 15.7. The van der Waals surface area contributed by atoms with Crippen LogP contribution in [0.1, 0.15) is 28.3 Å². The predicted octanol–water partition coefficient (Wildman–Crippen LogP) is 2.39. The molecule has 0 heterocycles. The van der Waals surface area contributed by atoms with Gasteiger partial charge in [0.15, 0.2) is 5.78 Å². The second-order valence-corrected chi connectivity index (χ2v) is 5.77. The van der Waals surface area contributed by atoms with Gasteiger partial charge in [0.1, 0.15) is 19.0 Å². The average Bonchev–Trinajstić information content (AvgIpc) is 3.39. The summed E-state index contributed by atoms with van der Waals surface area (Å²) < 4.78 is 5.66. The van der Waals surface area contributed by atoms with Crippen LogP contribution in [0.3, 0.4) is 0 Å². The zero-order chi connectivity index (χ0) is 16.1. The standard InChI is InChI=1S/C19H21NO3/c21-13-19(22)15-6-8-16(9-7-15)23-11-10-20-18-12-17(18)14-4-2-1-3-5-14/h1-9,17-18,20-21H,10-13H2. The number of rotatable bonds is 8. The molecule has 0 aliphatic heterocycles. The normalized spacial score (nSPS) is 19.3. The van der Waals surface area contributed by atoms with E-state index in [0.29, 0.717) is 24.1 Å². The third-order valence-corrected chi connectivity index (χ3v) is 4.12. The summed E-state index contributed by atoms with van der Waals surface area (Å²) >= 11 is 0. The lowest BCUT2D eigenvalue weighted by Crippen LogP contribution is -2.24. The molecular formula is C19H21NO3. The molecule has 0 spiro atoms. The molecule has 2 atom stereocenters. The Labute approximate surface area is 136 Å². The highest BCUT2D eigenvalue weighted by molar-refractivity contribution is 5.96. The van der Waals surface area contributed by atoms with Crippen LogP contribution in [0.5, 0.6) is 5.75 Å². The lowest BCUT2D eigenvalue weighted by Gasteiger charge is -2.08. The number of aliphatic hydroxyl groups excluding tert-OH is 1. The van der Waals surface area contributed by atoms with E-state index in [9.17, 15) is 4.79 Å². The summed E-state index contributed by atoms with van der Waals surface area (Å²) in [5, 5.41) is 12.3. The largest absolute Gasteiger partial charge is 0.492 e. The molecule has 4 heteroatoms. The highest BCUT2D eigenvalue weighted by Gasteiger charge is 2.37. The van der Waals surface area contributed by atoms with Gasteiger partial charge in [0.05, 0.1) is 0 Å². The number of benzene rings is 2. The number of Topliss-reactive ketones (excluding diaryl/α,β-unsaturated/α-hetero) is 1. The molecule has 2 aromatic carbocycles. The van der Waals surface area contributed by atoms with Crippen LogP contribution in [0, 0.1) is 0 Å². The number of nitrogens with one attached hydrogen (secondary N) is 1. The molecule has 4 nitrogen and oxygen atoms in total. The number of carbonyl (C=O) groups excluding carboxylic acids is 1. The first-order valence-corrected chi connectivity index (χ1v) is 7.93. The highest BCUT2D eigenvalue weighted by Crippen LogP contribution is 2.40. The van der Waals surface area contributed by atoms with Gasteiger partial charge in [0.2, 0.25) is 0 Å². The molecule has 23 heavy (non-hydrogen) atoms. The smallest absolute Gasteiger partial charge is 0.188 e. The third kappa shape index (κ3) is 4.18. The zero-order valence-corrected chi connectivity index (χ0v) is 12.9. The quantitative estimate of drug-likeness (QED) is 0.580. The van der Waals surface area contributed by atoms with Crippen molar-refractivity contribution in [1.82, 2.24) is 5.32 Å². The van der Waals surface area contributed by atoms with Crippen molar-refractivity contribution >= 4 is 5.78 Å². The molecule has 1 aliphatic rings. The second-order valence-electron chi connectivity index (χ2n) is 5.77. The van der Waals surface area contributed by atoms with E-state index >= 15 is 0 Å². The summed E-state index contributed by atoms with van der Waals surface area (Å²) in [6.45, 7) is 0.921. The first-order chi connectivity index (χ1) is 11.3. The maximum atomic E-state index is 11.3. The number of ketones is 1. The van der Waals surface area contributed by atoms with Crippen LogP contribution in [-0.2, 0) is 0 Å². The van der Waals surface area contributed by atoms with Crippen molar-refractivity contribution in [3.63, 3.8) is 0 Å². The van der Waals surface area contributed by atoms with Gasteiger partial charge in [0, 0.05) is 24.1 Å². The van der Waals surface area contributed by atoms with Crippen molar-refractivity contribution in [1.29, 1.82) is 0 Å². The van der Waals surface area contributed by atoms with Gasteiger partial charge in [-0.05, 0) is 36.2 Å². The number of ether oxygens (including phenoxy) is 1. The van der Waals surface area contributed by atoms with Crippen LogP contribution in [-0.4, -0.2) is 36.7 Å². The van der Waals surface area contributed by atoms with Gasteiger partial charge < -0.3 is 15.2 Å². The molecule has 1 aliphatic carbocycles. The topological polar surface area (TPSA) is 58.6 Å². The summed E-state index contributed by atoms with van der Waals surface area (Å²) in [6, 6.07) is 18.0. The van der Waals surface area contributed by atoms with Crippen LogP contribution in [0.25, 0.3) is 0 Å². The van der Waals surface area contributed by atoms with Crippen LogP contribution < -0.4 is 10.1 Å². The van der Waals surface area contributed by atoms with Crippen LogP contribution >= 0.6 is 0 Å². The summed E-state index contributed by atoms with van der Waals surface area (Å²) in [6.07, 6.45) is 1.18. The molecule has 2 N–H and O–H groups in total. The molecule has 0 amide bonds. The number of hydrogen-bond donors (Lipinski definition) is 2. The fourth-order valence-corrected chi connectivity index (χ4v) is 2.73. The van der Waals surface area contributed by atoms with Crippen LogP contribution in [0.4, 0.5) is 0 Å². The maximum absolute atomic E-state index is 11.3. The Morgan fingerprint density at radius 1 is 1.13 bits per heavy atom. The van der Waals surface area contributed by atoms with Gasteiger partial charge in [-0.1, -0.05) is 30.3 Å². The molecular weight excluding hydrogens is 290 g/mol. The average molecular weight is 311 g/mol. The molecule has 2 aromatic rings. The summed E-state index contributed by atoms with van der Waals surface area (Å²) in [4.78, 5) is 11.3. The molecule has 1 saturated carbocycles. The van der Waals surface area contributed by atoms with Crippen molar-refractivity contribution in [2.75, 3.05) is 19.8 Å². The first-order valence-electron chi connectivity index (χ1n) is 7.93. The van der Waals surface area contributed by atoms with E-state index in [0.717, 1.165) is 12.3 Å². The van der Waals surface area contributed by atoms with E-state index in [2.05, 4.69) is 29.6 Å². The Bertz CT molecular complexity index is 639. The lowest BCUT2D eigenvalue weighted by atomic mass is 10.1. The molecule has 0 saturated heterocycles. The Morgan fingerprint density at radius 3 is 2.57 bits per heavy atom. The van der Waals surface area contributed by atoms with E-state index in [-0.39, 0.29) is 5.78 Å². The fourth-order valence-electron chi connectivity index (χ4n) is 2.73. The van der Waals surface area contributed by atoms with Crippen molar-refractivity contribution in [3.05, 3.63) is 65.7 Å². The van der Waals surface area contributed by atoms with Gasteiger partial charge in [-0.3, -0.25) is 4.79 Å². The van der Waals surface area contributed by atoms with E-state index in [1.165, 1.54) is 12.0 Å². The SMILES string of the molecule is O=C(CO)c1ccc(OCCNC2CC2c2ccccc2)cc1. The third-order valence-electron chi connectivity index (χ3n) is 4.12. The fraction of sp³-hybridized carbons (Fsp3) is 0.316. The number of hydrogen-bond acceptors (Lipinski definition) is 4. The molecule has 0 bridgehead atoms. The molecule has 2 unspecified atom stereocenters. The Morgan fingerprint density at radius 2 is 1.87 bits per heavy atom. The Kier molecular flexibility index (Phi) is 5.05. The van der Waals surface area contributed by atoms with E-state index in [1.807, 2.05) is 6.07 Å². The van der Waals surface area contributed by atoms with Gasteiger partial charge in [-0.25, -0.2) is 0 Å². The van der Waals surface area contributed by atoms with Crippen LogP contribution in [0.15, 0.2) is 54.6 Å². The Balaban J connectivity index is 1.37. The van der Waals surface area contributed by atoms with Crippen molar-refractivity contribution in [3.8, 4) is 5.75 Å². The minimum absolute atomic E-state index is 0.279. The molecule has 3 rings (SSSR count). The number of carbonyl (C=O) groups is 1. The zero-order valence-electron chi connectivity index (χ0n) is 12.9. The predicted molar refractivity (Wildman–Crippen MR) is 88.9 cm³/mol. The van der Waals surface area contributed by atoms with E-state index in [4.69, 9.17) is 9.84 Å². The summed E-state index contributed by atoms with van der Waals surface area (Å²) in [5.41, 5.74) is 1.90. The highest BCUT2D eigenvalue weighted by atomic mass is 16.5. The van der Waals surface area contributed by atoms with Crippen LogP contribution in [0.2, 0.25) is 0 Å². The van der Waals surface area contributed by atoms with Crippen molar-refractivity contribution in [2.45, 2.75) is 18.4 Å². The van der Waals surface area contributed by atoms with E-state index < -0.39 is 6.61 Å². The summed E-state index contributed by atoms with van der Waals surface area (Å²) in [7, 11) is 0. The minimum atomic E-state index is -0.464. The molecule has 1 fully saturated rings. The van der Waals surface area contributed by atoms with Crippen molar-refractivity contribution in [2.24, 2.45) is 0 Å². The lowest BCUT2D eigenvalue weighted by molar-refractivity contribution is 0.0903. The van der Waals surface area contributed by atoms with Gasteiger partial charge in [-0.15, -0.1) is 0 Å². The molecule has 0 radical (unpaired) electrons. The van der Waals surface area contributed by atoms with Gasteiger partial charge in [0.25, 0.3) is 0 Å². The molecule has 0 aromatic heterocycles. The maximum Gasteiger partial charge on any atom is 0.188 e.